The molecule has 1 unspecified atom stereocenters. The largest absolute Gasteiger partial charge is 0.310 e. The molecular formula is C73H51N. The lowest BCUT2D eigenvalue weighted by atomic mass is 9.67. The molecule has 0 bridgehead atoms. The molecule has 0 heterocycles. The molecule has 2 aliphatic carbocycles. The first-order valence-electron chi connectivity index (χ1n) is 25.8. The van der Waals surface area contributed by atoms with E-state index in [4.69, 9.17) is 0 Å². The van der Waals surface area contributed by atoms with Gasteiger partial charge in [-0.05, 0) is 149 Å². The Morgan fingerprint density at radius 3 is 1.39 bits per heavy atom. The van der Waals surface area contributed by atoms with Crippen molar-refractivity contribution in [1.82, 2.24) is 0 Å². The Hall–Kier alpha value is -9.30. The molecule has 0 saturated heterocycles. The van der Waals surface area contributed by atoms with Crippen LogP contribution in [0.15, 0.2) is 291 Å². The number of anilines is 3. The van der Waals surface area contributed by atoms with Gasteiger partial charge < -0.3 is 4.90 Å². The first-order valence-corrected chi connectivity index (χ1v) is 25.8. The third-order valence-corrected chi connectivity index (χ3v) is 16.3. The summed E-state index contributed by atoms with van der Waals surface area (Å²) in [6, 6.07) is 108. The minimum Gasteiger partial charge on any atom is -0.310 e. The minimum absolute atomic E-state index is 0.274. The number of rotatable bonds is 9. The van der Waals surface area contributed by atoms with Crippen LogP contribution >= 0.6 is 0 Å². The van der Waals surface area contributed by atoms with Crippen LogP contribution in [0, 0.1) is 0 Å². The zero-order valence-corrected chi connectivity index (χ0v) is 41.2. The van der Waals surface area contributed by atoms with E-state index in [1.165, 1.54) is 94.2 Å². The fraction of sp³-hybridized carbons (Fsp3) is 0.0411. The summed E-state index contributed by atoms with van der Waals surface area (Å²) in [5.41, 5.74) is 23.9. The smallest absolute Gasteiger partial charge is 0.0713 e. The van der Waals surface area contributed by atoms with Gasteiger partial charge in [0.05, 0.1) is 11.1 Å². The lowest BCUT2D eigenvalue weighted by Gasteiger charge is -2.34. The molecule has 0 N–H and O–H groups in total. The Morgan fingerprint density at radius 1 is 0.270 bits per heavy atom. The van der Waals surface area contributed by atoms with Crippen molar-refractivity contribution in [3.8, 4) is 55.6 Å². The highest BCUT2D eigenvalue weighted by atomic mass is 15.1. The average Bonchev–Trinajstić information content (AvgIpc) is 4.00. The summed E-state index contributed by atoms with van der Waals surface area (Å²) < 4.78 is 0. The third kappa shape index (κ3) is 6.70. The minimum atomic E-state index is -0.509. The molecule has 0 radical (unpaired) electrons. The highest BCUT2D eigenvalue weighted by Gasteiger charge is 2.46. The van der Waals surface area contributed by atoms with Gasteiger partial charge in [0.25, 0.3) is 0 Å². The highest BCUT2D eigenvalue weighted by Crippen LogP contribution is 2.58. The van der Waals surface area contributed by atoms with Crippen LogP contribution in [-0.4, -0.2) is 0 Å². The maximum Gasteiger partial charge on any atom is 0.0713 e. The summed E-state index contributed by atoms with van der Waals surface area (Å²) in [5, 5.41) is 2.49. The molecule has 2 aliphatic rings. The van der Waals surface area contributed by atoms with Gasteiger partial charge in [-0.15, -0.1) is 0 Å². The quantitative estimate of drug-likeness (QED) is 0.139. The van der Waals surface area contributed by atoms with Crippen molar-refractivity contribution in [1.29, 1.82) is 0 Å². The van der Waals surface area contributed by atoms with E-state index in [-0.39, 0.29) is 5.41 Å². The second-order valence-corrected chi connectivity index (χ2v) is 20.1. The normalized spacial score (nSPS) is 14.7. The molecule has 1 nitrogen and oxygen atoms in total. The number of hydrogen-bond acceptors (Lipinski definition) is 1. The molecule has 1 atom stereocenters. The van der Waals surface area contributed by atoms with Gasteiger partial charge in [0.15, 0.2) is 0 Å². The van der Waals surface area contributed by atoms with Crippen molar-refractivity contribution in [2.75, 3.05) is 4.90 Å². The van der Waals surface area contributed by atoms with Crippen molar-refractivity contribution in [3.05, 3.63) is 330 Å². The van der Waals surface area contributed by atoms with Crippen molar-refractivity contribution in [2.45, 2.75) is 17.8 Å². The predicted molar refractivity (Wildman–Crippen MR) is 310 cm³/mol. The monoisotopic (exact) mass is 941 g/mol. The van der Waals surface area contributed by atoms with Crippen LogP contribution in [0.2, 0.25) is 0 Å². The standard InChI is InChI=1S/C73H51N/c1-72(55-22-5-2-6-23-55)67-33-16-13-30-63(67)65-46-40-53(48-69(65)72)50-36-42-58(43-37-50)74(59-44-38-52(39-45-59)61-32-19-21-51-20-11-12-28-60(51)61)71-35-18-15-29-62(71)54-41-47-66-64-31-14-17-34-68(64)73(70(66)49-54,56-24-7-3-8-25-56)57-26-9-4-10-27-57/h2-49H,1H3. The fourth-order valence-corrected chi connectivity index (χ4v) is 12.8. The second-order valence-electron chi connectivity index (χ2n) is 20.1. The molecule has 1 heteroatoms. The maximum atomic E-state index is 2.48. The molecule has 0 fully saturated rings. The van der Waals surface area contributed by atoms with Gasteiger partial charge in [-0.2, -0.15) is 0 Å². The van der Waals surface area contributed by atoms with Crippen LogP contribution in [-0.2, 0) is 10.8 Å². The Balaban J connectivity index is 0.920. The van der Waals surface area contributed by atoms with Gasteiger partial charge in [-0.3, -0.25) is 0 Å². The molecule has 0 aliphatic heterocycles. The molecular weight excluding hydrogens is 891 g/mol. The van der Waals surface area contributed by atoms with Gasteiger partial charge in [0.2, 0.25) is 0 Å². The SMILES string of the molecule is CC1(c2ccccc2)c2ccccc2-c2ccc(-c3ccc(N(c4ccc(-c5cccc6ccccc56)cc4)c4ccccc4-c4ccc5c(c4)C(c4ccccc4)(c4ccccc4)c4ccccc4-5)cc3)cc21. The van der Waals surface area contributed by atoms with E-state index in [1.807, 2.05) is 0 Å². The molecule has 0 aromatic heterocycles. The van der Waals surface area contributed by atoms with Gasteiger partial charge in [-0.25, -0.2) is 0 Å². The van der Waals surface area contributed by atoms with E-state index < -0.39 is 5.41 Å². The van der Waals surface area contributed by atoms with E-state index in [1.54, 1.807) is 0 Å². The van der Waals surface area contributed by atoms with Gasteiger partial charge >= 0.3 is 0 Å². The van der Waals surface area contributed by atoms with Crippen LogP contribution in [0.25, 0.3) is 66.4 Å². The van der Waals surface area contributed by atoms with Crippen molar-refractivity contribution < 1.29 is 0 Å². The number of para-hydroxylation sites is 1. The molecule has 74 heavy (non-hydrogen) atoms. The predicted octanol–water partition coefficient (Wildman–Crippen LogP) is 19.0. The van der Waals surface area contributed by atoms with Crippen LogP contribution in [0.3, 0.4) is 0 Å². The van der Waals surface area contributed by atoms with E-state index >= 15 is 0 Å². The Morgan fingerprint density at radius 2 is 0.716 bits per heavy atom. The molecule has 12 aromatic carbocycles. The third-order valence-electron chi connectivity index (χ3n) is 16.3. The Bertz CT molecular complexity index is 4020. The summed E-state index contributed by atoms with van der Waals surface area (Å²) in [5.74, 6) is 0. The lowest BCUT2D eigenvalue weighted by Crippen LogP contribution is -2.28. The zero-order valence-electron chi connectivity index (χ0n) is 41.2. The molecule has 0 amide bonds. The van der Waals surface area contributed by atoms with E-state index in [9.17, 15) is 0 Å². The molecule has 12 aromatic rings. The van der Waals surface area contributed by atoms with Gasteiger partial charge in [0, 0.05) is 22.4 Å². The first kappa shape index (κ1) is 43.5. The molecule has 348 valence electrons. The molecule has 0 spiro atoms. The van der Waals surface area contributed by atoms with Crippen LogP contribution in [0.5, 0.6) is 0 Å². The van der Waals surface area contributed by atoms with Crippen LogP contribution in [0.1, 0.15) is 45.9 Å². The molecule has 14 rings (SSSR count). The maximum absolute atomic E-state index is 2.48. The van der Waals surface area contributed by atoms with Gasteiger partial charge in [-0.1, -0.05) is 249 Å². The zero-order chi connectivity index (χ0) is 49.2. The summed E-state index contributed by atoms with van der Waals surface area (Å²) in [6.45, 7) is 2.39. The number of hydrogen-bond donors (Lipinski definition) is 0. The first-order chi connectivity index (χ1) is 36.6. The molecule has 0 saturated carbocycles. The Kier molecular flexibility index (Phi) is 10.3. The van der Waals surface area contributed by atoms with E-state index in [0.29, 0.717) is 0 Å². The van der Waals surface area contributed by atoms with Crippen molar-refractivity contribution >= 4 is 27.8 Å². The Labute approximate surface area is 434 Å². The van der Waals surface area contributed by atoms with Gasteiger partial charge in [0.1, 0.15) is 0 Å². The summed E-state index contributed by atoms with van der Waals surface area (Å²) in [4.78, 5) is 2.45. The van der Waals surface area contributed by atoms with Crippen LogP contribution in [0.4, 0.5) is 17.1 Å². The number of nitrogens with zero attached hydrogens (tertiary/aromatic N) is 1. The average molecular weight is 942 g/mol. The summed E-state index contributed by atoms with van der Waals surface area (Å²) in [6.07, 6.45) is 0. The van der Waals surface area contributed by atoms with Crippen LogP contribution < -0.4 is 4.90 Å². The number of benzene rings is 12. The highest BCUT2D eigenvalue weighted by molar-refractivity contribution is 5.98. The fourth-order valence-electron chi connectivity index (χ4n) is 12.8. The summed E-state index contributed by atoms with van der Waals surface area (Å²) >= 11 is 0. The van der Waals surface area contributed by atoms with E-state index in [0.717, 1.165) is 28.2 Å². The topological polar surface area (TPSA) is 3.24 Å². The lowest BCUT2D eigenvalue weighted by molar-refractivity contribution is 0.714. The van der Waals surface area contributed by atoms with E-state index in [2.05, 4.69) is 303 Å². The van der Waals surface area contributed by atoms with Crippen molar-refractivity contribution in [2.24, 2.45) is 0 Å². The second kappa shape index (κ2) is 17.5. The summed E-state index contributed by atoms with van der Waals surface area (Å²) in [7, 11) is 0. The van der Waals surface area contributed by atoms with Crippen molar-refractivity contribution in [3.63, 3.8) is 0 Å². The number of fused-ring (bicyclic) bond motifs is 7.